The van der Waals surface area contributed by atoms with Gasteiger partial charge in [0.15, 0.2) is 17.6 Å². The van der Waals surface area contributed by atoms with Gasteiger partial charge in [0.25, 0.3) is 0 Å². The Kier molecular flexibility index (Phi) is 3.12. The smallest absolute Gasteiger partial charge is 0.157 e. The van der Waals surface area contributed by atoms with Gasteiger partial charge in [-0.3, -0.25) is 0 Å². The van der Waals surface area contributed by atoms with Crippen LogP contribution in [0.2, 0.25) is 0 Å². The number of aliphatic hydroxyl groups excluding tert-OH is 2. The first-order valence-corrected chi connectivity index (χ1v) is 6.35. The molecule has 1 aliphatic rings. The van der Waals surface area contributed by atoms with Crippen molar-refractivity contribution in [2.75, 3.05) is 0 Å². The molecule has 0 amide bonds. The molecule has 3 atom stereocenters. The van der Waals surface area contributed by atoms with E-state index in [0.29, 0.717) is 11.1 Å². The molecular weight excluding hydrogens is 276 g/mol. The Bertz CT molecular complexity index is 684. The SMILES string of the molecule is Oc1ccc2c(c1)O[C@H](c1ccc(O)c(O)c1)[C@@H](O)[C@H]2O. The fourth-order valence-electron chi connectivity index (χ4n) is 2.41. The van der Waals surface area contributed by atoms with Crippen molar-refractivity contribution in [3.63, 3.8) is 0 Å². The second kappa shape index (κ2) is 4.83. The molecule has 0 aliphatic carbocycles. The van der Waals surface area contributed by atoms with Gasteiger partial charge in [0, 0.05) is 11.6 Å². The molecule has 3 rings (SSSR count). The molecule has 0 saturated carbocycles. The normalized spacial score (nSPS) is 24.2. The van der Waals surface area contributed by atoms with Crippen LogP contribution in [0.4, 0.5) is 0 Å². The van der Waals surface area contributed by atoms with Crippen LogP contribution in [0, 0.1) is 0 Å². The Labute approximate surface area is 120 Å². The molecule has 2 aromatic carbocycles. The second-order valence-corrected chi connectivity index (χ2v) is 4.94. The van der Waals surface area contributed by atoms with Gasteiger partial charge in [-0.15, -0.1) is 0 Å². The molecule has 0 unspecified atom stereocenters. The summed E-state index contributed by atoms with van der Waals surface area (Å²) in [6.07, 6.45) is -3.36. The summed E-state index contributed by atoms with van der Waals surface area (Å²) < 4.78 is 5.61. The number of benzene rings is 2. The van der Waals surface area contributed by atoms with Gasteiger partial charge in [-0.2, -0.15) is 0 Å². The molecular formula is C15H14O6. The zero-order valence-corrected chi connectivity index (χ0v) is 10.8. The Hall–Kier alpha value is -2.44. The van der Waals surface area contributed by atoms with E-state index >= 15 is 0 Å². The van der Waals surface area contributed by atoms with Crippen molar-refractivity contribution in [2.24, 2.45) is 0 Å². The maximum atomic E-state index is 10.2. The predicted molar refractivity (Wildman–Crippen MR) is 72.2 cm³/mol. The molecule has 0 bridgehead atoms. The minimum absolute atomic E-state index is 0.0235. The predicted octanol–water partition coefficient (Wildman–Crippen LogP) is 1.33. The third kappa shape index (κ3) is 2.24. The molecule has 21 heavy (non-hydrogen) atoms. The lowest BCUT2D eigenvalue weighted by Crippen LogP contribution is -2.34. The van der Waals surface area contributed by atoms with Crippen molar-refractivity contribution in [1.29, 1.82) is 0 Å². The summed E-state index contributed by atoms with van der Waals surface area (Å²) in [5.41, 5.74) is 0.769. The van der Waals surface area contributed by atoms with Crippen LogP contribution in [0.3, 0.4) is 0 Å². The van der Waals surface area contributed by atoms with Gasteiger partial charge in [0.05, 0.1) is 0 Å². The number of aliphatic hydroxyl groups is 2. The molecule has 6 heteroatoms. The molecule has 1 heterocycles. The first-order chi connectivity index (χ1) is 9.97. The summed E-state index contributed by atoms with van der Waals surface area (Å²) in [5.74, 6) is -0.405. The number of fused-ring (bicyclic) bond motifs is 1. The van der Waals surface area contributed by atoms with E-state index in [9.17, 15) is 25.5 Å². The molecule has 0 spiro atoms. The van der Waals surface area contributed by atoms with Crippen molar-refractivity contribution < 1.29 is 30.3 Å². The van der Waals surface area contributed by atoms with Crippen molar-refractivity contribution in [3.8, 4) is 23.0 Å². The molecule has 1 aliphatic heterocycles. The molecule has 110 valence electrons. The first-order valence-electron chi connectivity index (χ1n) is 6.35. The van der Waals surface area contributed by atoms with E-state index in [4.69, 9.17) is 4.74 Å². The van der Waals surface area contributed by atoms with Gasteiger partial charge in [-0.05, 0) is 29.8 Å². The van der Waals surface area contributed by atoms with Crippen molar-refractivity contribution in [3.05, 3.63) is 47.5 Å². The monoisotopic (exact) mass is 290 g/mol. The Morgan fingerprint density at radius 3 is 2.33 bits per heavy atom. The molecule has 6 nitrogen and oxygen atoms in total. The maximum Gasteiger partial charge on any atom is 0.157 e. The summed E-state index contributed by atoms with van der Waals surface area (Å²) >= 11 is 0. The van der Waals surface area contributed by atoms with Crippen LogP contribution in [0.15, 0.2) is 36.4 Å². The van der Waals surface area contributed by atoms with Crippen molar-refractivity contribution in [1.82, 2.24) is 0 Å². The van der Waals surface area contributed by atoms with Crippen LogP contribution in [-0.2, 0) is 0 Å². The quantitative estimate of drug-likeness (QED) is 0.507. The minimum atomic E-state index is -1.24. The number of phenolic OH excluding ortho intramolecular Hbond substituents is 3. The summed E-state index contributed by atoms with van der Waals surface area (Å²) in [6, 6.07) is 8.21. The van der Waals surface area contributed by atoms with Crippen LogP contribution >= 0.6 is 0 Å². The maximum absolute atomic E-state index is 10.2. The van der Waals surface area contributed by atoms with E-state index in [0.717, 1.165) is 0 Å². The average Bonchev–Trinajstić information content (AvgIpc) is 2.45. The highest BCUT2D eigenvalue weighted by Crippen LogP contribution is 2.43. The fourth-order valence-corrected chi connectivity index (χ4v) is 2.41. The summed E-state index contributed by atoms with van der Waals surface area (Å²) in [4.78, 5) is 0. The standard InChI is InChI=1S/C15H14O6/c16-8-2-3-9-12(6-8)21-15(14(20)13(9)19)7-1-4-10(17)11(18)5-7/h1-6,13-20H/t13-,14-,15+/m0/s1. The number of phenols is 3. The minimum Gasteiger partial charge on any atom is -0.508 e. The lowest BCUT2D eigenvalue weighted by molar-refractivity contribution is -0.0701. The second-order valence-electron chi connectivity index (χ2n) is 4.94. The number of rotatable bonds is 1. The van der Waals surface area contributed by atoms with Crippen LogP contribution in [-0.4, -0.2) is 31.6 Å². The van der Waals surface area contributed by atoms with E-state index in [2.05, 4.69) is 0 Å². The number of hydrogen-bond acceptors (Lipinski definition) is 6. The summed E-state index contributed by atoms with van der Waals surface area (Å²) in [5, 5.41) is 48.7. The molecule has 0 fully saturated rings. The fraction of sp³-hybridized carbons (Fsp3) is 0.200. The highest BCUT2D eigenvalue weighted by molar-refractivity contribution is 5.46. The Morgan fingerprint density at radius 1 is 0.857 bits per heavy atom. The van der Waals surface area contributed by atoms with Gasteiger partial charge >= 0.3 is 0 Å². The van der Waals surface area contributed by atoms with E-state index in [1.165, 1.54) is 36.4 Å². The number of ether oxygens (including phenoxy) is 1. The van der Waals surface area contributed by atoms with Crippen molar-refractivity contribution >= 4 is 0 Å². The van der Waals surface area contributed by atoms with E-state index in [1.54, 1.807) is 0 Å². The zero-order valence-electron chi connectivity index (χ0n) is 10.8. The van der Waals surface area contributed by atoms with Gasteiger partial charge in [-0.25, -0.2) is 0 Å². The van der Waals surface area contributed by atoms with Gasteiger partial charge < -0.3 is 30.3 Å². The summed E-state index contributed by atoms with van der Waals surface area (Å²) in [6.45, 7) is 0. The van der Waals surface area contributed by atoms with Crippen molar-refractivity contribution in [2.45, 2.75) is 18.3 Å². The topological polar surface area (TPSA) is 110 Å². The summed E-state index contributed by atoms with van der Waals surface area (Å²) in [7, 11) is 0. The highest BCUT2D eigenvalue weighted by atomic mass is 16.5. The third-order valence-corrected chi connectivity index (χ3v) is 3.53. The molecule has 0 radical (unpaired) electrons. The van der Waals surface area contributed by atoms with Crippen LogP contribution in [0.25, 0.3) is 0 Å². The molecule has 0 aromatic heterocycles. The van der Waals surface area contributed by atoms with E-state index in [-0.39, 0.29) is 23.0 Å². The van der Waals surface area contributed by atoms with Crippen LogP contribution in [0.5, 0.6) is 23.0 Å². The molecule has 2 aromatic rings. The van der Waals surface area contributed by atoms with E-state index in [1.807, 2.05) is 0 Å². The Morgan fingerprint density at radius 2 is 1.62 bits per heavy atom. The largest absolute Gasteiger partial charge is 0.508 e. The first kappa shape index (κ1) is 13.5. The van der Waals surface area contributed by atoms with Crippen LogP contribution in [0.1, 0.15) is 23.3 Å². The van der Waals surface area contributed by atoms with E-state index < -0.39 is 18.3 Å². The zero-order chi connectivity index (χ0) is 15.1. The Balaban J connectivity index is 2.02. The lowest BCUT2D eigenvalue weighted by Gasteiger charge is -2.34. The third-order valence-electron chi connectivity index (χ3n) is 3.53. The van der Waals surface area contributed by atoms with Gasteiger partial charge in [0.2, 0.25) is 0 Å². The lowest BCUT2D eigenvalue weighted by atomic mass is 9.92. The molecule has 0 saturated heterocycles. The highest BCUT2D eigenvalue weighted by Gasteiger charge is 2.37. The number of aromatic hydroxyl groups is 3. The molecule has 5 N–H and O–H groups in total. The number of hydrogen-bond donors (Lipinski definition) is 5. The van der Waals surface area contributed by atoms with Gasteiger partial charge in [-0.1, -0.05) is 6.07 Å². The average molecular weight is 290 g/mol. The van der Waals surface area contributed by atoms with Gasteiger partial charge in [0.1, 0.15) is 23.7 Å². The van der Waals surface area contributed by atoms with Crippen LogP contribution < -0.4 is 4.74 Å².